The van der Waals surface area contributed by atoms with Gasteiger partial charge in [0.1, 0.15) is 0 Å². The van der Waals surface area contributed by atoms with E-state index in [0.29, 0.717) is 17.6 Å². The van der Waals surface area contributed by atoms with E-state index >= 15 is 0 Å². The Labute approximate surface area is 80.2 Å². The molecule has 0 spiro atoms. The molecule has 1 fully saturated rings. The van der Waals surface area contributed by atoms with Crippen molar-refractivity contribution in [3.8, 4) is 0 Å². The SMILES string of the molecule is CC1=CC(=O)[C@]2(C)[C@H](C)[C@@H](C)[C@]12C. The molecule has 2 aliphatic carbocycles. The number of hydrogen-bond acceptors (Lipinski definition) is 1. The van der Waals surface area contributed by atoms with Crippen LogP contribution < -0.4 is 0 Å². The summed E-state index contributed by atoms with van der Waals surface area (Å²) in [5.41, 5.74) is 1.32. The number of fused-ring (bicyclic) bond motifs is 1. The van der Waals surface area contributed by atoms with Crippen LogP contribution in [0.5, 0.6) is 0 Å². The molecule has 0 heterocycles. The molecule has 4 atom stereocenters. The molecule has 0 N–H and O–H groups in total. The van der Waals surface area contributed by atoms with E-state index < -0.39 is 0 Å². The average molecular weight is 178 g/mol. The van der Waals surface area contributed by atoms with Crippen LogP contribution in [0.25, 0.3) is 0 Å². The maximum Gasteiger partial charge on any atom is 0.162 e. The number of rotatable bonds is 0. The molecule has 0 amide bonds. The molecule has 1 saturated carbocycles. The van der Waals surface area contributed by atoms with Gasteiger partial charge in [-0.05, 0) is 24.8 Å². The van der Waals surface area contributed by atoms with Crippen LogP contribution in [0.15, 0.2) is 11.6 Å². The predicted octanol–water partition coefficient (Wildman–Crippen LogP) is 2.81. The fourth-order valence-corrected chi connectivity index (χ4v) is 3.60. The van der Waals surface area contributed by atoms with E-state index in [-0.39, 0.29) is 10.8 Å². The second-order valence-corrected chi connectivity index (χ2v) is 5.17. The predicted molar refractivity (Wildman–Crippen MR) is 53.3 cm³/mol. The summed E-state index contributed by atoms with van der Waals surface area (Å²) < 4.78 is 0. The molecule has 2 rings (SSSR count). The van der Waals surface area contributed by atoms with E-state index in [1.165, 1.54) is 5.57 Å². The molecule has 0 unspecified atom stereocenters. The van der Waals surface area contributed by atoms with Crippen molar-refractivity contribution in [2.45, 2.75) is 34.6 Å². The highest BCUT2D eigenvalue weighted by atomic mass is 16.1. The standard InChI is InChI=1S/C12H18O/c1-7-6-10(13)12(5)9(3)8(2)11(7,12)4/h6,8-9H,1-5H3/t8-,9-,11+,12+/m1/s1. The average Bonchev–Trinajstić information content (AvgIpc) is 2.26. The minimum absolute atomic E-state index is 0.101. The third-order valence-corrected chi connectivity index (χ3v) is 5.33. The van der Waals surface area contributed by atoms with Crippen molar-refractivity contribution in [2.24, 2.45) is 22.7 Å². The number of carbonyl (C=O) groups excluding carboxylic acids is 1. The van der Waals surface area contributed by atoms with Gasteiger partial charge in [-0.25, -0.2) is 0 Å². The lowest BCUT2D eigenvalue weighted by molar-refractivity contribution is -0.163. The molecule has 72 valence electrons. The van der Waals surface area contributed by atoms with Crippen molar-refractivity contribution in [1.29, 1.82) is 0 Å². The molecule has 2 aliphatic rings. The lowest BCUT2D eigenvalue weighted by Gasteiger charge is -2.62. The normalized spacial score (nSPS) is 54.2. The molecule has 1 heteroatoms. The molecule has 0 aromatic rings. The highest BCUT2D eigenvalue weighted by molar-refractivity contribution is 6.01. The van der Waals surface area contributed by atoms with Crippen LogP contribution in [-0.4, -0.2) is 5.78 Å². The molecule has 0 saturated heterocycles. The number of hydrogen-bond donors (Lipinski definition) is 0. The number of carbonyl (C=O) groups is 1. The van der Waals surface area contributed by atoms with E-state index in [1.807, 2.05) is 6.08 Å². The van der Waals surface area contributed by atoms with Crippen LogP contribution in [-0.2, 0) is 4.79 Å². The molecular weight excluding hydrogens is 160 g/mol. The summed E-state index contributed by atoms with van der Waals surface area (Å²) in [6, 6.07) is 0. The number of ketones is 1. The number of allylic oxidation sites excluding steroid dienone is 2. The van der Waals surface area contributed by atoms with Crippen molar-refractivity contribution in [1.82, 2.24) is 0 Å². The van der Waals surface area contributed by atoms with Crippen LogP contribution in [0.2, 0.25) is 0 Å². The molecule has 0 bridgehead atoms. The zero-order chi connectivity index (χ0) is 10.0. The maximum atomic E-state index is 11.9. The summed E-state index contributed by atoms with van der Waals surface area (Å²) in [7, 11) is 0. The topological polar surface area (TPSA) is 17.1 Å². The highest BCUT2D eigenvalue weighted by Crippen LogP contribution is 2.70. The Bertz CT molecular complexity index is 315. The Morgan fingerprint density at radius 1 is 1.15 bits per heavy atom. The van der Waals surface area contributed by atoms with E-state index in [2.05, 4.69) is 34.6 Å². The lowest BCUT2D eigenvalue weighted by Crippen LogP contribution is -2.61. The Kier molecular flexibility index (Phi) is 1.43. The molecule has 0 aromatic carbocycles. The fraction of sp³-hybridized carbons (Fsp3) is 0.750. The van der Waals surface area contributed by atoms with Crippen LogP contribution >= 0.6 is 0 Å². The molecule has 13 heavy (non-hydrogen) atoms. The first-order valence-electron chi connectivity index (χ1n) is 5.10. The fourth-order valence-electron chi connectivity index (χ4n) is 3.60. The summed E-state index contributed by atoms with van der Waals surface area (Å²) in [5, 5.41) is 0. The second-order valence-electron chi connectivity index (χ2n) is 5.17. The summed E-state index contributed by atoms with van der Waals surface area (Å²) in [4.78, 5) is 11.9. The Hall–Kier alpha value is -0.590. The molecule has 0 radical (unpaired) electrons. The maximum absolute atomic E-state index is 11.9. The third-order valence-electron chi connectivity index (χ3n) is 5.33. The molecule has 1 nitrogen and oxygen atoms in total. The van der Waals surface area contributed by atoms with Crippen molar-refractivity contribution < 1.29 is 4.79 Å². The first kappa shape index (κ1) is 8.98. The van der Waals surface area contributed by atoms with Gasteiger partial charge in [-0.2, -0.15) is 0 Å². The van der Waals surface area contributed by atoms with Crippen LogP contribution in [0.4, 0.5) is 0 Å². The van der Waals surface area contributed by atoms with E-state index in [0.717, 1.165) is 0 Å². The Morgan fingerprint density at radius 2 is 1.62 bits per heavy atom. The van der Waals surface area contributed by atoms with Gasteiger partial charge in [0.05, 0.1) is 0 Å². The van der Waals surface area contributed by atoms with E-state index in [9.17, 15) is 4.79 Å². The van der Waals surface area contributed by atoms with Gasteiger partial charge in [0.25, 0.3) is 0 Å². The van der Waals surface area contributed by atoms with Crippen molar-refractivity contribution in [3.63, 3.8) is 0 Å². The van der Waals surface area contributed by atoms with Gasteiger partial charge in [0, 0.05) is 10.8 Å². The molecule has 0 aliphatic heterocycles. The Morgan fingerprint density at radius 3 is 2.08 bits per heavy atom. The van der Waals surface area contributed by atoms with Crippen LogP contribution in [0, 0.1) is 22.7 Å². The van der Waals surface area contributed by atoms with Gasteiger partial charge in [0.15, 0.2) is 5.78 Å². The van der Waals surface area contributed by atoms with Crippen molar-refractivity contribution >= 4 is 5.78 Å². The van der Waals surface area contributed by atoms with Gasteiger partial charge in [-0.3, -0.25) is 4.79 Å². The first-order valence-corrected chi connectivity index (χ1v) is 5.10. The van der Waals surface area contributed by atoms with Gasteiger partial charge in [0.2, 0.25) is 0 Å². The smallest absolute Gasteiger partial charge is 0.162 e. The largest absolute Gasteiger partial charge is 0.294 e. The first-order chi connectivity index (χ1) is 5.86. The monoisotopic (exact) mass is 178 g/mol. The zero-order valence-electron chi connectivity index (χ0n) is 9.14. The summed E-state index contributed by atoms with van der Waals surface area (Å²) in [6.45, 7) is 11.0. The van der Waals surface area contributed by atoms with Crippen LogP contribution in [0.3, 0.4) is 0 Å². The van der Waals surface area contributed by atoms with Crippen molar-refractivity contribution in [3.05, 3.63) is 11.6 Å². The van der Waals surface area contributed by atoms with Gasteiger partial charge >= 0.3 is 0 Å². The second kappa shape index (κ2) is 2.08. The van der Waals surface area contributed by atoms with Crippen LogP contribution in [0.1, 0.15) is 34.6 Å². The van der Waals surface area contributed by atoms with Crippen molar-refractivity contribution in [2.75, 3.05) is 0 Å². The summed E-state index contributed by atoms with van der Waals surface area (Å²) >= 11 is 0. The van der Waals surface area contributed by atoms with E-state index in [4.69, 9.17) is 0 Å². The van der Waals surface area contributed by atoms with E-state index in [1.54, 1.807) is 0 Å². The molecule has 0 aromatic heterocycles. The minimum atomic E-state index is -0.101. The highest BCUT2D eigenvalue weighted by Gasteiger charge is 2.69. The zero-order valence-corrected chi connectivity index (χ0v) is 9.14. The molecular formula is C12H18O. The Balaban J connectivity index is 2.53. The van der Waals surface area contributed by atoms with Gasteiger partial charge in [-0.1, -0.05) is 33.3 Å². The van der Waals surface area contributed by atoms with Gasteiger partial charge < -0.3 is 0 Å². The van der Waals surface area contributed by atoms with Gasteiger partial charge in [-0.15, -0.1) is 0 Å². The lowest BCUT2D eigenvalue weighted by atomic mass is 9.40. The summed E-state index contributed by atoms with van der Waals surface area (Å²) in [6.07, 6.45) is 1.86. The quantitative estimate of drug-likeness (QED) is 0.557. The minimum Gasteiger partial charge on any atom is -0.294 e. The summed E-state index contributed by atoms with van der Waals surface area (Å²) in [5.74, 6) is 1.51. The third kappa shape index (κ3) is 0.619.